The maximum Gasteiger partial charge on any atom is 0.263 e. The molecule has 2 amide bonds. The van der Waals surface area contributed by atoms with E-state index >= 15 is 0 Å². The number of carbonyl (C=O) groups is 2. The van der Waals surface area contributed by atoms with Crippen LogP contribution in [0.5, 0.6) is 5.75 Å². The van der Waals surface area contributed by atoms with Gasteiger partial charge in [-0.2, -0.15) is 0 Å². The minimum Gasteiger partial charge on any atom is -0.493 e. The summed E-state index contributed by atoms with van der Waals surface area (Å²) in [4.78, 5) is 30.3. The van der Waals surface area contributed by atoms with Crippen LogP contribution in [0.3, 0.4) is 0 Å². The fourth-order valence-electron chi connectivity index (χ4n) is 4.34. The fourth-order valence-corrected chi connectivity index (χ4v) is 5.03. The van der Waals surface area contributed by atoms with E-state index in [4.69, 9.17) is 4.74 Å². The lowest BCUT2D eigenvalue weighted by atomic mass is 9.94. The van der Waals surface area contributed by atoms with E-state index in [2.05, 4.69) is 25.1 Å². The number of likely N-dealkylation sites (tertiary alicyclic amines) is 1. The lowest BCUT2D eigenvalue weighted by Crippen LogP contribution is -2.43. The lowest BCUT2D eigenvalue weighted by Gasteiger charge is -2.33. The van der Waals surface area contributed by atoms with Crippen LogP contribution in [-0.2, 0) is 11.3 Å². The summed E-state index contributed by atoms with van der Waals surface area (Å²) < 4.78 is 6.02. The summed E-state index contributed by atoms with van der Waals surface area (Å²) in [6.07, 6.45) is 2.34. The van der Waals surface area contributed by atoms with Crippen molar-refractivity contribution in [2.24, 2.45) is 5.92 Å². The molecule has 1 aliphatic heterocycles. The van der Waals surface area contributed by atoms with Crippen molar-refractivity contribution >= 4 is 33.9 Å². The molecule has 0 saturated carbocycles. The Morgan fingerprint density at radius 1 is 1.09 bits per heavy atom. The Morgan fingerprint density at radius 3 is 2.59 bits per heavy atom. The number of thiophene rings is 1. The number of hydrogen-bond acceptors (Lipinski definition) is 4. The zero-order chi connectivity index (χ0) is 22.5. The number of piperidine rings is 1. The van der Waals surface area contributed by atoms with Gasteiger partial charge < -0.3 is 14.5 Å². The molecule has 0 radical (unpaired) electrons. The Hall–Kier alpha value is -2.86. The van der Waals surface area contributed by atoms with Crippen molar-refractivity contribution in [2.45, 2.75) is 32.7 Å². The highest BCUT2D eigenvalue weighted by molar-refractivity contribution is 7.12. The maximum absolute atomic E-state index is 13.3. The first-order chi connectivity index (χ1) is 15.6. The second-order valence-electron chi connectivity index (χ2n) is 8.35. The topological polar surface area (TPSA) is 49.9 Å². The molecule has 0 bridgehead atoms. The molecule has 4 rings (SSSR count). The first-order valence-electron chi connectivity index (χ1n) is 11.3. The number of rotatable bonds is 7. The Balaban J connectivity index is 1.44. The summed E-state index contributed by atoms with van der Waals surface area (Å²) in [5, 5.41) is 4.19. The van der Waals surface area contributed by atoms with Gasteiger partial charge in [0.25, 0.3) is 5.91 Å². The highest BCUT2D eigenvalue weighted by atomic mass is 32.1. The predicted molar refractivity (Wildman–Crippen MR) is 129 cm³/mol. The number of ether oxygens (including phenoxy) is 1. The standard InChI is InChI=1S/C26H30N2O3S/c1-3-16-31-23-11-10-19-7-4-5-8-21(19)22(23)18-27(2)25(29)20-12-14-28(15-13-20)26(30)24-9-6-17-32-24/h4-11,17,20H,3,12-16,18H2,1-2H3. The number of fused-ring (bicyclic) bond motifs is 1. The third kappa shape index (κ3) is 4.80. The molecule has 1 fully saturated rings. The van der Waals surface area contributed by atoms with Crippen LogP contribution in [0.15, 0.2) is 53.9 Å². The van der Waals surface area contributed by atoms with E-state index in [1.165, 1.54) is 11.3 Å². The molecule has 1 saturated heterocycles. The van der Waals surface area contributed by atoms with E-state index in [0.717, 1.165) is 33.4 Å². The molecular weight excluding hydrogens is 420 g/mol. The second-order valence-corrected chi connectivity index (χ2v) is 9.30. The molecule has 168 valence electrons. The van der Waals surface area contributed by atoms with Gasteiger partial charge in [-0.1, -0.05) is 43.3 Å². The minimum atomic E-state index is -0.0534. The van der Waals surface area contributed by atoms with Crippen LogP contribution >= 0.6 is 11.3 Å². The molecule has 1 aliphatic rings. The van der Waals surface area contributed by atoms with Crippen molar-refractivity contribution < 1.29 is 14.3 Å². The molecular formula is C26H30N2O3S. The van der Waals surface area contributed by atoms with Crippen molar-refractivity contribution in [3.05, 3.63) is 64.4 Å². The Morgan fingerprint density at radius 2 is 1.88 bits per heavy atom. The van der Waals surface area contributed by atoms with E-state index in [0.29, 0.717) is 39.1 Å². The Kier molecular flexibility index (Phi) is 7.10. The van der Waals surface area contributed by atoms with Gasteiger partial charge in [0, 0.05) is 38.2 Å². The molecule has 0 atom stereocenters. The molecule has 2 heterocycles. The fraction of sp³-hybridized carbons (Fsp3) is 0.385. The molecule has 6 heteroatoms. The summed E-state index contributed by atoms with van der Waals surface area (Å²) in [5.41, 5.74) is 1.05. The van der Waals surface area contributed by atoms with Crippen LogP contribution < -0.4 is 4.74 Å². The molecule has 5 nitrogen and oxygen atoms in total. The maximum atomic E-state index is 13.3. The summed E-state index contributed by atoms with van der Waals surface area (Å²) in [7, 11) is 1.87. The zero-order valence-corrected chi connectivity index (χ0v) is 19.6. The number of carbonyl (C=O) groups excluding carboxylic acids is 2. The normalized spacial score (nSPS) is 14.5. The van der Waals surface area contributed by atoms with Crippen LogP contribution in [0.4, 0.5) is 0 Å². The molecule has 0 aliphatic carbocycles. The monoisotopic (exact) mass is 450 g/mol. The van der Waals surface area contributed by atoms with Gasteiger partial charge in [-0.25, -0.2) is 0 Å². The van der Waals surface area contributed by atoms with Gasteiger partial charge in [0.2, 0.25) is 5.91 Å². The van der Waals surface area contributed by atoms with Gasteiger partial charge >= 0.3 is 0 Å². The number of nitrogens with zero attached hydrogens (tertiary/aromatic N) is 2. The largest absolute Gasteiger partial charge is 0.493 e. The van der Waals surface area contributed by atoms with Crippen molar-refractivity contribution in [1.29, 1.82) is 0 Å². The zero-order valence-electron chi connectivity index (χ0n) is 18.8. The average molecular weight is 451 g/mol. The Labute approximate surface area is 193 Å². The van der Waals surface area contributed by atoms with Gasteiger partial charge in [-0.3, -0.25) is 9.59 Å². The van der Waals surface area contributed by atoms with Gasteiger partial charge in [-0.05, 0) is 47.5 Å². The van der Waals surface area contributed by atoms with E-state index in [9.17, 15) is 9.59 Å². The smallest absolute Gasteiger partial charge is 0.263 e. The minimum absolute atomic E-state index is 0.0534. The van der Waals surface area contributed by atoms with Gasteiger partial charge in [0.15, 0.2) is 0 Å². The predicted octanol–water partition coefficient (Wildman–Crippen LogP) is 5.20. The molecule has 1 aromatic heterocycles. The first kappa shape index (κ1) is 22.3. The van der Waals surface area contributed by atoms with Crippen LogP contribution in [0.25, 0.3) is 10.8 Å². The number of amides is 2. The lowest BCUT2D eigenvalue weighted by molar-refractivity contribution is -0.136. The number of benzene rings is 2. The molecule has 3 aromatic rings. The van der Waals surface area contributed by atoms with Crippen molar-refractivity contribution in [1.82, 2.24) is 9.80 Å². The average Bonchev–Trinajstić information content (AvgIpc) is 3.37. The summed E-state index contributed by atoms with van der Waals surface area (Å²) in [6.45, 7) is 4.50. The van der Waals surface area contributed by atoms with E-state index < -0.39 is 0 Å². The highest BCUT2D eigenvalue weighted by Crippen LogP contribution is 2.30. The summed E-state index contributed by atoms with van der Waals surface area (Å²) >= 11 is 1.47. The van der Waals surface area contributed by atoms with Crippen LogP contribution in [-0.4, -0.2) is 48.4 Å². The molecule has 0 unspecified atom stereocenters. The molecule has 0 spiro atoms. The van der Waals surface area contributed by atoms with E-state index in [1.54, 1.807) is 0 Å². The van der Waals surface area contributed by atoms with Crippen LogP contribution in [0, 0.1) is 5.92 Å². The third-order valence-corrected chi connectivity index (χ3v) is 6.95. The quantitative estimate of drug-likeness (QED) is 0.497. The van der Waals surface area contributed by atoms with Gasteiger partial charge in [0.05, 0.1) is 11.5 Å². The second kappa shape index (κ2) is 10.2. The first-order valence-corrected chi connectivity index (χ1v) is 12.2. The Bertz CT molecular complexity index is 1070. The SMILES string of the molecule is CCCOc1ccc2ccccc2c1CN(C)C(=O)C1CCN(C(=O)c2cccs2)CC1. The van der Waals surface area contributed by atoms with Crippen molar-refractivity contribution in [2.75, 3.05) is 26.7 Å². The number of hydrogen-bond donors (Lipinski definition) is 0. The molecule has 0 N–H and O–H groups in total. The summed E-state index contributed by atoms with van der Waals surface area (Å²) in [5.74, 6) is 1.01. The van der Waals surface area contributed by atoms with Crippen molar-refractivity contribution in [3.63, 3.8) is 0 Å². The van der Waals surface area contributed by atoms with E-state index in [1.807, 2.05) is 52.6 Å². The van der Waals surface area contributed by atoms with Crippen LogP contribution in [0.2, 0.25) is 0 Å². The van der Waals surface area contributed by atoms with Gasteiger partial charge in [-0.15, -0.1) is 11.3 Å². The van der Waals surface area contributed by atoms with Gasteiger partial charge in [0.1, 0.15) is 5.75 Å². The van der Waals surface area contributed by atoms with Crippen LogP contribution in [0.1, 0.15) is 41.4 Å². The van der Waals surface area contributed by atoms with E-state index in [-0.39, 0.29) is 17.7 Å². The highest BCUT2D eigenvalue weighted by Gasteiger charge is 2.30. The van der Waals surface area contributed by atoms with Crippen molar-refractivity contribution in [3.8, 4) is 5.75 Å². The molecule has 32 heavy (non-hydrogen) atoms. The summed E-state index contributed by atoms with van der Waals surface area (Å²) in [6, 6.07) is 16.1. The third-order valence-electron chi connectivity index (χ3n) is 6.09. The molecule has 2 aromatic carbocycles.